The molecule has 0 aliphatic heterocycles. The molecule has 0 bridgehead atoms. The van der Waals surface area contributed by atoms with Crippen LogP contribution in [0.3, 0.4) is 0 Å². The van der Waals surface area contributed by atoms with Gasteiger partial charge in [0.15, 0.2) is 0 Å². The number of nitrogens with two attached hydrogens (primary N) is 1. The third-order valence-corrected chi connectivity index (χ3v) is 3.95. The second-order valence-corrected chi connectivity index (χ2v) is 5.63. The molecule has 106 valence electrons. The first-order valence-electron chi connectivity index (χ1n) is 7.41. The lowest BCUT2D eigenvalue weighted by Crippen LogP contribution is -1.90. The summed E-state index contributed by atoms with van der Waals surface area (Å²) in [7, 11) is 0. The van der Waals surface area contributed by atoms with E-state index in [4.69, 9.17) is 10.7 Å². The van der Waals surface area contributed by atoms with Crippen molar-refractivity contribution in [3.8, 4) is 0 Å². The number of nitrogens with zero attached hydrogens (tertiary/aromatic N) is 1. The molecule has 0 aliphatic carbocycles. The number of anilines is 1. The van der Waals surface area contributed by atoms with Crippen LogP contribution in [0, 0.1) is 0 Å². The van der Waals surface area contributed by atoms with Crippen molar-refractivity contribution < 1.29 is 0 Å². The number of hydrogen-bond donors (Lipinski definition) is 1. The zero-order valence-electron chi connectivity index (χ0n) is 12.2. The summed E-state index contributed by atoms with van der Waals surface area (Å²) in [4.78, 5) is 4.71. The minimum absolute atomic E-state index is 0.772. The first-order valence-corrected chi connectivity index (χ1v) is 7.41. The third-order valence-electron chi connectivity index (χ3n) is 3.95. The highest BCUT2D eigenvalue weighted by Gasteiger charge is 2.03. The van der Waals surface area contributed by atoms with Crippen molar-refractivity contribution in [1.82, 2.24) is 4.98 Å². The molecule has 3 aromatic carbocycles. The van der Waals surface area contributed by atoms with Crippen LogP contribution in [-0.2, 0) is 6.42 Å². The van der Waals surface area contributed by atoms with Gasteiger partial charge in [0.1, 0.15) is 0 Å². The molecule has 2 heteroatoms. The van der Waals surface area contributed by atoms with E-state index in [9.17, 15) is 0 Å². The van der Waals surface area contributed by atoms with Gasteiger partial charge in [0.2, 0.25) is 0 Å². The zero-order chi connectivity index (χ0) is 14.9. The summed E-state index contributed by atoms with van der Waals surface area (Å²) < 4.78 is 0. The lowest BCUT2D eigenvalue weighted by atomic mass is 10.0. The van der Waals surface area contributed by atoms with Crippen molar-refractivity contribution in [2.45, 2.75) is 6.42 Å². The fraction of sp³-hybridized carbons (Fsp3) is 0.0500. The molecular weight excluding hydrogens is 268 g/mol. The van der Waals surface area contributed by atoms with Gasteiger partial charge >= 0.3 is 0 Å². The number of hydrogen-bond acceptors (Lipinski definition) is 2. The van der Waals surface area contributed by atoms with E-state index in [1.54, 1.807) is 0 Å². The van der Waals surface area contributed by atoms with E-state index in [1.807, 2.05) is 24.3 Å². The molecule has 0 fully saturated rings. The van der Waals surface area contributed by atoms with Gasteiger partial charge in [-0.2, -0.15) is 0 Å². The quantitative estimate of drug-likeness (QED) is 0.433. The second kappa shape index (κ2) is 5.15. The van der Waals surface area contributed by atoms with Crippen LogP contribution in [0.5, 0.6) is 0 Å². The standard InChI is InChI=1S/C20H16N2/c21-18-7-9-20-17(13-18)12-16-11-15(6-8-19(16)22-20)10-14-4-2-1-3-5-14/h1-9,11-13H,10,21H2. The summed E-state index contributed by atoms with van der Waals surface area (Å²) >= 11 is 0. The molecule has 2 nitrogen and oxygen atoms in total. The smallest absolute Gasteiger partial charge is 0.0711 e. The lowest BCUT2D eigenvalue weighted by molar-refractivity contribution is 1.20. The largest absolute Gasteiger partial charge is 0.399 e. The van der Waals surface area contributed by atoms with Crippen molar-refractivity contribution in [1.29, 1.82) is 0 Å². The summed E-state index contributed by atoms with van der Waals surface area (Å²) in [5, 5.41) is 2.25. The van der Waals surface area contributed by atoms with Gasteiger partial charge in [0.25, 0.3) is 0 Å². The van der Waals surface area contributed by atoms with E-state index < -0.39 is 0 Å². The molecule has 4 rings (SSSR count). The lowest BCUT2D eigenvalue weighted by Gasteiger charge is -2.06. The number of pyridine rings is 1. The van der Waals surface area contributed by atoms with Gasteiger partial charge in [0, 0.05) is 16.5 Å². The number of nitrogen functional groups attached to an aromatic ring is 1. The molecule has 0 radical (unpaired) electrons. The molecular formula is C20H16N2. The van der Waals surface area contributed by atoms with Crippen LogP contribution < -0.4 is 5.73 Å². The Hall–Kier alpha value is -2.87. The molecule has 4 aromatic rings. The van der Waals surface area contributed by atoms with E-state index in [0.29, 0.717) is 0 Å². The average molecular weight is 284 g/mol. The molecule has 0 unspecified atom stereocenters. The minimum Gasteiger partial charge on any atom is -0.399 e. The van der Waals surface area contributed by atoms with Gasteiger partial charge in [-0.3, -0.25) is 0 Å². The summed E-state index contributed by atoms with van der Waals surface area (Å²) in [6.45, 7) is 0. The van der Waals surface area contributed by atoms with Crippen LogP contribution in [0.2, 0.25) is 0 Å². The van der Waals surface area contributed by atoms with E-state index in [1.165, 1.54) is 11.1 Å². The van der Waals surface area contributed by atoms with Crippen molar-refractivity contribution in [2.75, 3.05) is 5.73 Å². The van der Waals surface area contributed by atoms with Crippen molar-refractivity contribution in [3.63, 3.8) is 0 Å². The monoisotopic (exact) mass is 284 g/mol. The fourth-order valence-electron chi connectivity index (χ4n) is 2.85. The molecule has 0 aliphatic rings. The molecule has 0 atom stereocenters. The number of fused-ring (bicyclic) bond motifs is 2. The summed E-state index contributed by atoms with van der Waals surface area (Å²) in [5.41, 5.74) is 11.3. The fourth-order valence-corrected chi connectivity index (χ4v) is 2.85. The Balaban J connectivity index is 1.80. The molecule has 1 heterocycles. The normalized spacial score (nSPS) is 11.1. The third kappa shape index (κ3) is 2.40. The topological polar surface area (TPSA) is 38.9 Å². The van der Waals surface area contributed by atoms with Crippen molar-refractivity contribution in [3.05, 3.63) is 83.9 Å². The number of rotatable bonds is 2. The van der Waals surface area contributed by atoms with E-state index in [2.05, 4.69) is 48.5 Å². The van der Waals surface area contributed by atoms with E-state index >= 15 is 0 Å². The maximum Gasteiger partial charge on any atom is 0.0711 e. The van der Waals surface area contributed by atoms with Crippen molar-refractivity contribution >= 4 is 27.5 Å². The summed E-state index contributed by atoms with van der Waals surface area (Å²) in [6.07, 6.45) is 0.936. The van der Waals surface area contributed by atoms with Gasteiger partial charge in [-0.05, 0) is 53.9 Å². The first-order chi connectivity index (χ1) is 10.8. The molecule has 22 heavy (non-hydrogen) atoms. The maximum absolute atomic E-state index is 5.87. The minimum atomic E-state index is 0.772. The van der Waals surface area contributed by atoms with Crippen LogP contribution in [0.4, 0.5) is 5.69 Å². The molecule has 0 saturated carbocycles. The van der Waals surface area contributed by atoms with Crippen molar-refractivity contribution in [2.24, 2.45) is 0 Å². The molecule has 0 amide bonds. The molecule has 0 spiro atoms. The molecule has 2 N–H and O–H groups in total. The predicted octanol–water partition coefficient (Wildman–Crippen LogP) is 4.56. The van der Waals surface area contributed by atoms with Gasteiger partial charge < -0.3 is 5.73 Å². The van der Waals surface area contributed by atoms with Crippen LogP contribution in [0.25, 0.3) is 21.8 Å². The highest BCUT2D eigenvalue weighted by Crippen LogP contribution is 2.23. The Morgan fingerprint density at radius 3 is 2.23 bits per heavy atom. The van der Waals surface area contributed by atoms with E-state index in [-0.39, 0.29) is 0 Å². The summed E-state index contributed by atoms with van der Waals surface area (Å²) in [5.74, 6) is 0. The highest BCUT2D eigenvalue weighted by atomic mass is 14.7. The Kier molecular flexibility index (Phi) is 3.01. The average Bonchev–Trinajstić information content (AvgIpc) is 2.54. The summed E-state index contributed by atoms with van der Waals surface area (Å²) in [6, 6.07) is 25.0. The first kappa shape index (κ1) is 12.8. The highest BCUT2D eigenvalue weighted by molar-refractivity contribution is 5.94. The Morgan fingerprint density at radius 2 is 1.41 bits per heavy atom. The van der Waals surface area contributed by atoms with Gasteiger partial charge in [-0.15, -0.1) is 0 Å². The van der Waals surface area contributed by atoms with Gasteiger partial charge in [-0.25, -0.2) is 4.98 Å². The zero-order valence-corrected chi connectivity index (χ0v) is 12.2. The Morgan fingerprint density at radius 1 is 0.682 bits per heavy atom. The van der Waals surface area contributed by atoms with Crippen LogP contribution in [0.1, 0.15) is 11.1 Å². The predicted molar refractivity (Wildman–Crippen MR) is 92.9 cm³/mol. The SMILES string of the molecule is Nc1ccc2nc3ccc(Cc4ccccc4)cc3cc2c1. The Bertz CT molecular complexity index is 959. The van der Waals surface area contributed by atoms with Crippen LogP contribution >= 0.6 is 0 Å². The molecule has 1 aromatic heterocycles. The van der Waals surface area contributed by atoms with Crippen LogP contribution in [0.15, 0.2) is 72.8 Å². The maximum atomic E-state index is 5.87. The van der Waals surface area contributed by atoms with E-state index in [0.717, 1.165) is 33.9 Å². The number of aromatic nitrogens is 1. The van der Waals surface area contributed by atoms with Gasteiger partial charge in [0.05, 0.1) is 11.0 Å². The number of benzene rings is 3. The Labute approximate surface area is 129 Å². The van der Waals surface area contributed by atoms with Gasteiger partial charge in [-0.1, -0.05) is 36.4 Å². The molecule has 0 saturated heterocycles. The van der Waals surface area contributed by atoms with Crippen LogP contribution in [-0.4, -0.2) is 4.98 Å². The second-order valence-electron chi connectivity index (χ2n) is 5.63.